The van der Waals surface area contributed by atoms with Crippen molar-refractivity contribution in [3.63, 3.8) is 0 Å². The number of amides is 1. The van der Waals surface area contributed by atoms with Crippen LogP contribution in [0.2, 0.25) is 10.0 Å². The molecule has 0 radical (unpaired) electrons. The fraction of sp³-hybridized carbons (Fsp3) is 0.107. The maximum Gasteiger partial charge on any atom is 0.262 e. The monoisotopic (exact) mass is 473 g/mol. The van der Waals surface area contributed by atoms with Crippen LogP contribution in [0.25, 0.3) is 5.57 Å². The average Bonchev–Trinajstić information content (AvgIpc) is 3.42. The highest BCUT2D eigenvalue weighted by atomic mass is 35.5. The first-order valence-electron chi connectivity index (χ1n) is 10.8. The molecule has 5 rings (SSSR count). The standard InChI is InChI=1S/C28H21Cl2NO2/c29-22-8-13-26(30)25(17-22)20-7-6-18(14-20)15-21-16-27(19-4-2-1-3-5-19)31(28(21)33)23-9-11-24(32)12-10-23/h2,4-13,15-17,32H,1,3,14H2/b21-15+. The number of carbonyl (C=O) groups is 1. The summed E-state index contributed by atoms with van der Waals surface area (Å²) in [5.41, 5.74) is 6.21. The number of halogens is 2. The zero-order valence-corrected chi connectivity index (χ0v) is 19.3. The molecule has 0 aromatic heterocycles. The minimum atomic E-state index is -0.0919. The van der Waals surface area contributed by atoms with Crippen molar-refractivity contribution in [1.29, 1.82) is 0 Å². The zero-order chi connectivity index (χ0) is 22.9. The molecule has 0 saturated carbocycles. The molecule has 2 aromatic rings. The summed E-state index contributed by atoms with van der Waals surface area (Å²) in [5, 5.41) is 11.0. The molecule has 0 spiro atoms. The number of hydrogen-bond donors (Lipinski definition) is 1. The maximum absolute atomic E-state index is 13.5. The van der Waals surface area contributed by atoms with Gasteiger partial charge < -0.3 is 5.11 Å². The second-order valence-electron chi connectivity index (χ2n) is 8.16. The first-order valence-corrected chi connectivity index (χ1v) is 11.5. The van der Waals surface area contributed by atoms with Gasteiger partial charge in [-0.15, -0.1) is 0 Å². The Morgan fingerprint density at radius 2 is 1.82 bits per heavy atom. The van der Waals surface area contributed by atoms with Crippen LogP contribution >= 0.6 is 23.2 Å². The van der Waals surface area contributed by atoms with Gasteiger partial charge >= 0.3 is 0 Å². The van der Waals surface area contributed by atoms with Crippen LogP contribution in [-0.2, 0) is 4.79 Å². The van der Waals surface area contributed by atoms with Crippen molar-refractivity contribution in [3.8, 4) is 5.75 Å². The lowest BCUT2D eigenvalue weighted by Gasteiger charge is -2.22. The highest BCUT2D eigenvalue weighted by Gasteiger charge is 2.31. The van der Waals surface area contributed by atoms with Crippen molar-refractivity contribution in [1.82, 2.24) is 0 Å². The fourth-order valence-corrected chi connectivity index (χ4v) is 4.67. The molecule has 5 heteroatoms. The van der Waals surface area contributed by atoms with E-state index in [4.69, 9.17) is 23.2 Å². The summed E-state index contributed by atoms with van der Waals surface area (Å²) in [4.78, 5) is 15.2. The summed E-state index contributed by atoms with van der Waals surface area (Å²) in [5.74, 6) is 0.0727. The molecule has 0 atom stereocenters. The van der Waals surface area contributed by atoms with Gasteiger partial charge in [-0.3, -0.25) is 9.69 Å². The van der Waals surface area contributed by atoms with Crippen molar-refractivity contribution in [2.75, 3.05) is 4.90 Å². The number of aromatic hydroxyl groups is 1. The van der Waals surface area contributed by atoms with E-state index in [9.17, 15) is 9.90 Å². The molecule has 0 unspecified atom stereocenters. The molecule has 1 amide bonds. The number of phenolic OH excluding ortho intramolecular Hbond substituents is 1. The van der Waals surface area contributed by atoms with Crippen LogP contribution in [0.5, 0.6) is 5.75 Å². The number of anilines is 1. The molecule has 2 aliphatic carbocycles. The van der Waals surface area contributed by atoms with Gasteiger partial charge in [0.15, 0.2) is 0 Å². The number of benzene rings is 2. The van der Waals surface area contributed by atoms with Gasteiger partial charge in [0.1, 0.15) is 5.75 Å². The number of phenols is 1. The topological polar surface area (TPSA) is 40.5 Å². The lowest BCUT2D eigenvalue weighted by Crippen LogP contribution is -2.26. The number of hydrogen-bond acceptors (Lipinski definition) is 2. The zero-order valence-electron chi connectivity index (χ0n) is 17.8. The van der Waals surface area contributed by atoms with Gasteiger partial charge in [0.05, 0.1) is 5.70 Å². The fourth-order valence-electron chi connectivity index (χ4n) is 4.26. The number of rotatable bonds is 4. The molecular formula is C28H21Cl2NO2. The van der Waals surface area contributed by atoms with E-state index in [-0.39, 0.29) is 11.7 Å². The number of allylic oxidation sites excluding steroid dienone is 8. The molecule has 0 bridgehead atoms. The van der Waals surface area contributed by atoms with Crippen LogP contribution in [0.4, 0.5) is 5.69 Å². The highest BCUT2D eigenvalue weighted by molar-refractivity contribution is 6.34. The molecule has 1 aliphatic heterocycles. The second kappa shape index (κ2) is 8.93. The van der Waals surface area contributed by atoms with Crippen LogP contribution < -0.4 is 4.90 Å². The number of nitrogens with zero attached hydrogens (tertiary/aromatic N) is 1. The molecule has 2 aromatic carbocycles. The van der Waals surface area contributed by atoms with Gasteiger partial charge in [-0.2, -0.15) is 0 Å². The quantitative estimate of drug-likeness (QED) is 0.465. The molecule has 1 heterocycles. The van der Waals surface area contributed by atoms with Gasteiger partial charge in [0.2, 0.25) is 0 Å². The van der Waals surface area contributed by atoms with Crippen molar-refractivity contribution in [2.45, 2.75) is 19.3 Å². The lowest BCUT2D eigenvalue weighted by atomic mass is 10.0. The summed E-state index contributed by atoms with van der Waals surface area (Å²) in [7, 11) is 0. The van der Waals surface area contributed by atoms with E-state index in [0.29, 0.717) is 22.0 Å². The Bertz CT molecular complexity index is 1320. The summed E-state index contributed by atoms with van der Waals surface area (Å²) in [6.45, 7) is 0. The molecule has 1 N–H and O–H groups in total. The molecule has 0 fully saturated rings. The molecule has 3 nitrogen and oxygen atoms in total. The van der Waals surface area contributed by atoms with Crippen LogP contribution in [0, 0.1) is 0 Å². The maximum atomic E-state index is 13.5. The molecule has 3 aliphatic rings. The smallest absolute Gasteiger partial charge is 0.262 e. The second-order valence-corrected chi connectivity index (χ2v) is 9.00. The summed E-state index contributed by atoms with van der Waals surface area (Å²) in [6, 6.07) is 12.1. The Hall–Kier alpha value is -3.27. The first kappa shape index (κ1) is 21.6. The van der Waals surface area contributed by atoms with Gasteiger partial charge in [-0.1, -0.05) is 53.6 Å². The van der Waals surface area contributed by atoms with E-state index in [0.717, 1.165) is 46.5 Å². The van der Waals surface area contributed by atoms with Crippen molar-refractivity contribution in [2.24, 2.45) is 0 Å². The Morgan fingerprint density at radius 3 is 2.58 bits per heavy atom. The first-order chi connectivity index (χ1) is 16.0. The number of carbonyl (C=O) groups excluding carboxylic acids is 1. The molecule has 164 valence electrons. The van der Waals surface area contributed by atoms with E-state index in [2.05, 4.69) is 18.2 Å². The van der Waals surface area contributed by atoms with Crippen molar-refractivity contribution < 1.29 is 9.90 Å². The average molecular weight is 474 g/mol. The normalized spacial score (nSPS) is 19.0. The Labute approximate surface area is 202 Å². The van der Waals surface area contributed by atoms with Gasteiger partial charge in [-0.25, -0.2) is 0 Å². The summed E-state index contributed by atoms with van der Waals surface area (Å²) in [6.07, 6.45) is 16.9. The molecule has 33 heavy (non-hydrogen) atoms. The predicted molar refractivity (Wildman–Crippen MR) is 135 cm³/mol. The third-order valence-corrected chi connectivity index (χ3v) is 6.45. The molecular weight excluding hydrogens is 453 g/mol. The van der Waals surface area contributed by atoms with Gasteiger partial charge in [-0.05, 0) is 96.2 Å². The van der Waals surface area contributed by atoms with Gasteiger partial charge in [0, 0.05) is 21.3 Å². The third-order valence-electron chi connectivity index (χ3n) is 5.89. The Kier molecular flexibility index (Phi) is 5.84. The molecule has 0 saturated heterocycles. The van der Waals surface area contributed by atoms with Crippen LogP contribution in [0.1, 0.15) is 24.8 Å². The van der Waals surface area contributed by atoms with Crippen LogP contribution in [0.3, 0.4) is 0 Å². The Morgan fingerprint density at radius 1 is 1.00 bits per heavy atom. The summed E-state index contributed by atoms with van der Waals surface area (Å²) < 4.78 is 0. The van der Waals surface area contributed by atoms with E-state index in [1.165, 1.54) is 0 Å². The van der Waals surface area contributed by atoms with Crippen molar-refractivity contribution in [3.05, 3.63) is 123 Å². The largest absolute Gasteiger partial charge is 0.508 e. The Balaban J connectivity index is 1.46. The minimum Gasteiger partial charge on any atom is -0.508 e. The summed E-state index contributed by atoms with van der Waals surface area (Å²) >= 11 is 12.5. The van der Waals surface area contributed by atoms with E-state index in [1.54, 1.807) is 41.3 Å². The predicted octanol–water partition coefficient (Wildman–Crippen LogP) is 7.55. The van der Waals surface area contributed by atoms with Crippen LogP contribution in [-0.4, -0.2) is 11.0 Å². The van der Waals surface area contributed by atoms with Crippen molar-refractivity contribution >= 4 is 40.4 Å². The van der Waals surface area contributed by atoms with Gasteiger partial charge in [0.25, 0.3) is 5.91 Å². The SMILES string of the molecule is O=C1/C(=C/C2=CC=C(c3cc(Cl)ccc3Cl)C2)C=C(C2=CCCC=C2)N1c1ccc(O)cc1. The highest BCUT2D eigenvalue weighted by Crippen LogP contribution is 2.38. The van der Waals surface area contributed by atoms with E-state index < -0.39 is 0 Å². The third kappa shape index (κ3) is 4.35. The van der Waals surface area contributed by atoms with Crippen LogP contribution in [0.15, 0.2) is 107 Å². The van der Waals surface area contributed by atoms with E-state index >= 15 is 0 Å². The minimum absolute atomic E-state index is 0.0919. The van der Waals surface area contributed by atoms with E-state index in [1.807, 2.05) is 30.4 Å². The lowest BCUT2D eigenvalue weighted by molar-refractivity contribution is -0.114.